The monoisotopic (exact) mass is 624 g/mol. The van der Waals surface area contributed by atoms with Gasteiger partial charge in [-0.15, -0.1) is 0 Å². The van der Waals surface area contributed by atoms with Crippen LogP contribution in [-0.2, 0) is 21.2 Å². The van der Waals surface area contributed by atoms with Crippen LogP contribution in [0.5, 0.6) is 5.75 Å². The molecular weight excluding hydrogens is 603 g/mol. The van der Waals surface area contributed by atoms with E-state index in [1.54, 1.807) is 0 Å². The molecule has 2 atom stereocenters. The van der Waals surface area contributed by atoms with Crippen LogP contribution in [0, 0.1) is 11.6 Å². The Balaban J connectivity index is 1.58. The summed E-state index contributed by atoms with van der Waals surface area (Å²) in [5.74, 6) is -1.86. The number of hydrogen-bond acceptors (Lipinski definition) is 6. The van der Waals surface area contributed by atoms with Crippen molar-refractivity contribution in [3.8, 4) is 5.75 Å². The van der Waals surface area contributed by atoms with Crippen molar-refractivity contribution in [1.29, 1.82) is 0 Å². The number of nitrogens with one attached hydrogen (secondary N) is 2. The van der Waals surface area contributed by atoms with Crippen LogP contribution in [0.2, 0.25) is 0 Å². The number of hydrogen-bond donors (Lipinski definition) is 3. The SMILES string of the molecule is C[I-][C@@H](NC1=NS(=O)N=C1Nc1cccc(S(=O)(=O)N2CCCC2)c1O)c1cc(F)cc(F)c1. The number of sulfonamides is 1. The van der Waals surface area contributed by atoms with Gasteiger partial charge in [0.15, 0.2) is 0 Å². The maximum atomic E-state index is 13.7. The van der Waals surface area contributed by atoms with Gasteiger partial charge in [0.05, 0.1) is 0 Å². The zero-order chi connectivity index (χ0) is 24.5. The molecule has 9 nitrogen and oxygen atoms in total. The summed E-state index contributed by atoms with van der Waals surface area (Å²) in [5.41, 5.74) is 0.404. The van der Waals surface area contributed by atoms with Gasteiger partial charge in [0.25, 0.3) is 0 Å². The normalized spacial score (nSPS) is 19.7. The summed E-state index contributed by atoms with van der Waals surface area (Å²) in [4.78, 5) is 1.65. The summed E-state index contributed by atoms with van der Waals surface area (Å²) in [6.07, 6.45) is 1.50. The fourth-order valence-electron chi connectivity index (χ4n) is 3.57. The number of amidine groups is 2. The molecule has 0 amide bonds. The van der Waals surface area contributed by atoms with Gasteiger partial charge in [-0.05, 0) is 0 Å². The van der Waals surface area contributed by atoms with Crippen LogP contribution in [0.1, 0.15) is 22.5 Å². The van der Waals surface area contributed by atoms with Gasteiger partial charge >= 0.3 is 209 Å². The molecule has 1 unspecified atom stereocenters. The Labute approximate surface area is 208 Å². The van der Waals surface area contributed by atoms with E-state index < -0.39 is 63.8 Å². The predicted octanol–water partition coefficient (Wildman–Crippen LogP) is -0.737. The molecule has 2 aliphatic heterocycles. The van der Waals surface area contributed by atoms with E-state index in [-0.39, 0.29) is 22.3 Å². The second-order valence-corrected chi connectivity index (χ2v) is 12.7. The topological polar surface area (TPSA) is 123 Å². The van der Waals surface area contributed by atoms with Crippen molar-refractivity contribution >= 4 is 38.6 Å². The summed E-state index contributed by atoms with van der Waals surface area (Å²) < 4.78 is 73.9. The second-order valence-electron chi connectivity index (χ2n) is 7.43. The minimum absolute atomic E-state index is 0.00341. The van der Waals surface area contributed by atoms with Crippen molar-refractivity contribution in [3.63, 3.8) is 0 Å². The molecule has 1 saturated heterocycles. The summed E-state index contributed by atoms with van der Waals surface area (Å²) in [6.45, 7) is 0.766. The molecule has 0 bridgehead atoms. The van der Waals surface area contributed by atoms with Gasteiger partial charge in [-0.1, -0.05) is 0 Å². The van der Waals surface area contributed by atoms with Crippen LogP contribution in [0.25, 0.3) is 0 Å². The van der Waals surface area contributed by atoms with Crippen LogP contribution in [0.3, 0.4) is 0 Å². The zero-order valence-electron chi connectivity index (χ0n) is 17.8. The first-order valence-electron chi connectivity index (χ1n) is 10.1. The van der Waals surface area contributed by atoms with Crippen molar-refractivity contribution < 1.29 is 47.7 Å². The number of para-hydroxylation sites is 1. The van der Waals surface area contributed by atoms with Gasteiger partial charge in [-0.25, -0.2) is 0 Å². The Morgan fingerprint density at radius 3 is 2.41 bits per heavy atom. The molecule has 0 radical (unpaired) electrons. The molecule has 0 aromatic heterocycles. The van der Waals surface area contributed by atoms with Crippen LogP contribution >= 0.6 is 0 Å². The molecule has 14 heteroatoms. The van der Waals surface area contributed by atoms with E-state index in [0.717, 1.165) is 18.9 Å². The molecule has 0 spiro atoms. The van der Waals surface area contributed by atoms with Gasteiger partial charge < -0.3 is 0 Å². The van der Waals surface area contributed by atoms with Crippen molar-refractivity contribution in [2.24, 2.45) is 8.80 Å². The first-order valence-corrected chi connectivity index (χ1v) is 16.0. The number of halogens is 3. The summed E-state index contributed by atoms with van der Waals surface area (Å²) in [5, 5.41) is 16.5. The molecule has 2 aromatic rings. The Bertz CT molecular complexity index is 1280. The van der Waals surface area contributed by atoms with E-state index in [1.807, 2.05) is 4.93 Å². The first-order chi connectivity index (χ1) is 16.2. The Hall–Kier alpha value is -2.17. The quantitative estimate of drug-likeness (QED) is 0.169. The average Bonchev–Trinajstić information content (AvgIpc) is 3.43. The Kier molecular flexibility index (Phi) is 7.49. The number of nitrogens with zero attached hydrogens (tertiary/aromatic N) is 3. The molecule has 3 N–H and O–H groups in total. The number of aromatic hydroxyl groups is 1. The maximum absolute atomic E-state index is 13.7. The third-order valence-electron chi connectivity index (χ3n) is 5.16. The van der Waals surface area contributed by atoms with Gasteiger partial charge in [-0.3, -0.25) is 0 Å². The number of benzene rings is 2. The molecule has 184 valence electrons. The summed E-state index contributed by atoms with van der Waals surface area (Å²) >= 11 is -2.61. The van der Waals surface area contributed by atoms with Gasteiger partial charge in [-0.2, -0.15) is 0 Å². The molecule has 2 heterocycles. The molecule has 2 aromatic carbocycles. The molecular formula is C20H21F2IN5O4S2-. The van der Waals surface area contributed by atoms with E-state index in [9.17, 15) is 26.5 Å². The third-order valence-corrected chi connectivity index (χ3v) is 10.0. The van der Waals surface area contributed by atoms with Crippen LogP contribution < -0.4 is 31.8 Å². The molecule has 4 rings (SSSR count). The Morgan fingerprint density at radius 2 is 1.76 bits per heavy atom. The molecule has 2 aliphatic rings. The van der Waals surface area contributed by atoms with E-state index in [4.69, 9.17) is 0 Å². The fraction of sp³-hybridized carbons (Fsp3) is 0.300. The minimum atomic E-state index is -3.89. The second kappa shape index (κ2) is 10.2. The summed E-state index contributed by atoms with van der Waals surface area (Å²) in [7, 11) is -3.89. The first kappa shape index (κ1) is 24.9. The van der Waals surface area contributed by atoms with Crippen LogP contribution in [0.15, 0.2) is 50.1 Å². The zero-order valence-corrected chi connectivity index (χ0v) is 21.6. The summed E-state index contributed by atoms with van der Waals surface area (Å²) in [6, 6.07) is 7.42. The van der Waals surface area contributed by atoms with Gasteiger partial charge in [0.2, 0.25) is 0 Å². The average molecular weight is 624 g/mol. The van der Waals surface area contributed by atoms with Crippen molar-refractivity contribution in [2.75, 3.05) is 23.3 Å². The number of phenolic OH excluding ortho intramolecular Hbond substituents is 1. The fourth-order valence-corrected chi connectivity index (χ4v) is 7.50. The van der Waals surface area contributed by atoms with E-state index in [0.29, 0.717) is 18.7 Å². The third kappa shape index (κ3) is 5.23. The number of anilines is 1. The molecule has 0 saturated carbocycles. The van der Waals surface area contributed by atoms with Crippen molar-refractivity contribution in [1.82, 2.24) is 9.62 Å². The van der Waals surface area contributed by atoms with E-state index in [2.05, 4.69) is 19.4 Å². The van der Waals surface area contributed by atoms with Crippen molar-refractivity contribution in [2.45, 2.75) is 21.8 Å². The van der Waals surface area contributed by atoms with Crippen LogP contribution in [-0.4, -0.2) is 51.7 Å². The standard InChI is InChI=1S/C20H21F2IN5O4S2/c1-23-18(12-9-13(21)11-14(22)10-12)25-20-19(26-33(30)27-20)24-15-5-4-6-16(17(15)29)34(31,32)28-7-2-3-8-28/h4-6,9-11,18,29H,2-3,7-8H2,1H3,(H,24,26)(H,25,27)/q-1/t18-,33?/m0/s1. The number of rotatable bonds is 6. The van der Waals surface area contributed by atoms with Gasteiger partial charge in [0.1, 0.15) is 0 Å². The Morgan fingerprint density at radius 1 is 1.12 bits per heavy atom. The van der Waals surface area contributed by atoms with Gasteiger partial charge in [0, 0.05) is 0 Å². The van der Waals surface area contributed by atoms with Crippen LogP contribution in [0.4, 0.5) is 14.5 Å². The molecule has 1 fully saturated rings. The van der Waals surface area contributed by atoms with E-state index in [1.165, 1.54) is 34.6 Å². The van der Waals surface area contributed by atoms with E-state index >= 15 is 0 Å². The van der Waals surface area contributed by atoms with Crippen molar-refractivity contribution in [3.05, 3.63) is 53.6 Å². The molecule has 0 aliphatic carbocycles. The molecule has 34 heavy (non-hydrogen) atoms. The predicted molar refractivity (Wildman–Crippen MR) is 121 cm³/mol. The number of alkyl halides is 2. The number of phenols is 1.